The second-order valence-corrected chi connectivity index (χ2v) is 8.41. The zero-order chi connectivity index (χ0) is 20.7. The summed E-state index contributed by atoms with van der Waals surface area (Å²) in [4.78, 5) is -0.196. The van der Waals surface area contributed by atoms with E-state index in [0.717, 1.165) is 18.4 Å². The molecule has 2 atom stereocenters. The van der Waals surface area contributed by atoms with E-state index in [2.05, 4.69) is 4.36 Å². The summed E-state index contributed by atoms with van der Waals surface area (Å²) in [5, 5.41) is 27.7. The highest BCUT2D eigenvalue weighted by Crippen LogP contribution is 2.49. The lowest BCUT2D eigenvalue weighted by Crippen LogP contribution is -2.22. The van der Waals surface area contributed by atoms with Crippen LogP contribution in [0.5, 0.6) is 11.5 Å². The minimum absolute atomic E-state index is 0.0296. The number of aliphatic hydroxyl groups is 1. The van der Waals surface area contributed by atoms with Crippen LogP contribution < -0.4 is 4.74 Å². The van der Waals surface area contributed by atoms with Gasteiger partial charge in [-0.1, -0.05) is 0 Å². The molecule has 0 bridgehead atoms. The van der Waals surface area contributed by atoms with Gasteiger partial charge in [0.1, 0.15) is 23.4 Å². The van der Waals surface area contributed by atoms with Crippen molar-refractivity contribution in [2.45, 2.75) is 23.3 Å². The molecule has 0 saturated carbocycles. The number of fused-ring (bicyclic) bond motifs is 1. The molecule has 0 spiro atoms. The monoisotopic (exact) mass is 407 g/mol. The van der Waals surface area contributed by atoms with Crippen LogP contribution >= 0.6 is 0 Å². The zero-order valence-corrected chi connectivity index (χ0v) is 15.1. The fraction of sp³-hybridized carbons (Fsp3) is 0.222. The Morgan fingerprint density at radius 2 is 2.04 bits per heavy atom. The van der Waals surface area contributed by atoms with E-state index >= 15 is 0 Å². The van der Waals surface area contributed by atoms with Gasteiger partial charge >= 0.3 is 0 Å². The molecule has 10 heteroatoms. The molecule has 1 aliphatic carbocycles. The summed E-state index contributed by atoms with van der Waals surface area (Å²) in [5.41, 5.74) is -0.482. The number of aliphatic hydroxyl groups excluding tert-OH is 1. The topological polar surface area (TPSA) is 106 Å². The van der Waals surface area contributed by atoms with Crippen LogP contribution in [0.2, 0.25) is 0 Å². The van der Waals surface area contributed by atoms with E-state index in [-0.39, 0.29) is 33.1 Å². The van der Waals surface area contributed by atoms with Gasteiger partial charge in [0.2, 0.25) is 6.19 Å². The molecule has 0 amide bonds. The highest BCUT2D eigenvalue weighted by Gasteiger charge is 2.50. The van der Waals surface area contributed by atoms with Crippen LogP contribution in [-0.2, 0) is 16.1 Å². The van der Waals surface area contributed by atoms with Crippen LogP contribution in [-0.4, -0.2) is 21.5 Å². The molecule has 1 aliphatic rings. The molecule has 6 nitrogen and oxygen atoms in total. The van der Waals surface area contributed by atoms with Crippen LogP contribution in [0.25, 0.3) is 0 Å². The Kier molecular flexibility index (Phi) is 4.79. The fourth-order valence-corrected chi connectivity index (χ4v) is 4.23. The first-order valence-electron chi connectivity index (χ1n) is 7.79. The Labute approximate surface area is 158 Å². The van der Waals surface area contributed by atoms with Crippen molar-refractivity contribution in [2.75, 3.05) is 6.26 Å². The summed E-state index contributed by atoms with van der Waals surface area (Å²) in [6, 6.07) is 7.33. The van der Waals surface area contributed by atoms with E-state index in [1.807, 2.05) is 0 Å². The number of halogens is 3. The molecule has 0 saturated heterocycles. The van der Waals surface area contributed by atoms with Gasteiger partial charge in [0.05, 0.1) is 26.3 Å². The molecule has 144 valence electrons. The molecule has 1 unspecified atom stereocenters. The zero-order valence-electron chi connectivity index (χ0n) is 14.3. The van der Waals surface area contributed by atoms with E-state index in [0.29, 0.717) is 0 Å². The van der Waals surface area contributed by atoms with Gasteiger partial charge in [-0.3, -0.25) is 0 Å². The molecule has 2 aromatic carbocycles. The molecule has 28 heavy (non-hydrogen) atoms. The van der Waals surface area contributed by atoms with Crippen molar-refractivity contribution in [3.05, 3.63) is 52.8 Å². The lowest BCUT2D eigenvalue weighted by molar-refractivity contribution is -0.0976. The molecule has 3 rings (SSSR count). The quantitative estimate of drug-likeness (QED) is 0.782. The highest BCUT2D eigenvalue weighted by molar-refractivity contribution is 7.93. The second-order valence-electron chi connectivity index (χ2n) is 6.18. The number of hydrogen-bond donors (Lipinski definition) is 1. The van der Waals surface area contributed by atoms with Crippen LogP contribution in [0.4, 0.5) is 13.2 Å². The first-order valence-corrected chi connectivity index (χ1v) is 9.72. The van der Waals surface area contributed by atoms with Gasteiger partial charge in [-0.05, 0) is 24.3 Å². The molecule has 0 aromatic heterocycles. The standard InChI is InChI=1S/C18H12F3N3O3S/c1-28(26,24-9-23)15-3-2-14(13-7-18(20,21)17(25)16(13)15)27-12-5-10(8-22)4-11(19)6-12/h2-6,17,25H,7H2,1H3/t17-,28?/m0/s1. The number of alkyl halides is 2. The normalized spacial score (nSPS) is 19.0. The van der Waals surface area contributed by atoms with Crippen molar-refractivity contribution >= 4 is 9.73 Å². The summed E-state index contributed by atoms with van der Waals surface area (Å²) in [7, 11) is -3.36. The van der Waals surface area contributed by atoms with Gasteiger partial charge in [-0.2, -0.15) is 10.5 Å². The Hall–Kier alpha value is -3.08. The van der Waals surface area contributed by atoms with E-state index in [9.17, 15) is 22.5 Å². The number of benzene rings is 2. The maximum absolute atomic E-state index is 14.2. The lowest BCUT2D eigenvalue weighted by Gasteiger charge is -2.17. The van der Waals surface area contributed by atoms with Gasteiger partial charge in [-0.15, -0.1) is 4.36 Å². The molecular weight excluding hydrogens is 395 g/mol. The van der Waals surface area contributed by atoms with E-state index in [1.54, 1.807) is 6.07 Å². The SMILES string of the molecule is CS(=O)(=NC#N)c1ccc(Oc2cc(F)cc(C#N)c2)c2c1[C@H](O)C(F)(F)C2. The molecular formula is C18H12F3N3O3S. The lowest BCUT2D eigenvalue weighted by atomic mass is 10.1. The third-order valence-corrected chi connectivity index (χ3v) is 5.81. The first-order chi connectivity index (χ1) is 13.1. The molecule has 1 N–H and O–H groups in total. The Morgan fingerprint density at radius 3 is 2.68 bits per heavy atom. The third-order valence-electron chi connectivity index (χ3n) is 4.21. The largest absolute Gasteiger partial charge is 0.457 e. The van der Waals surface area contributed by atoms with E-state index < -0.39 is 34.0 Å². The average molecular weight is 407 g/mol. The number of rotatable bonds is 3. The van der Waals surface area contributed by atoms with Crippen molar-refractivity contribution in [3.63, 3.8) is 0 Å². The molecule has 0 fully saturated rings. The predicted octanol–water partition coefficient (Wildman–Crippen LogP) is 3.65. The van der Waals surface area contributed by atoms with E-state index in [1.165, 1.54) is 24.4 Å². The van der Waals surface area contributed by atoms with Crippen molar-refractivity contribution in [1.29, 1.82) is 10.5 Å². The van der Waals surface area contributed by atoms with Gasteiger partial charge < -0.3 is 9.84 Å². The molecule has 0 radical (unpaired) electrons. The number of nitrogens with zero attached hydrogens (tertiary/aromatic N) is 3. The van der Waals surface area contributed by atoms with Crippen molar-refractivity contribution in [2.24, 2.45) is 4.36 Å². The average Bonchev–Trinajstić information content (AvgIpc) is 2.85. The van der Waals surface area contributed by atoms with Gasteiger partial charge in [0.15, 0.2) is 0 Å². The van der Waals surface area contributed by atoms with Crippen LogP contribution in [0.15, 0.2) is 39.6 Å². The predicted molar refractivity (Wildman–Crippen MR) is 91.6 cm³/mol. The summed E-state index contributed by atoms with van der Waals surface area (Å²) < 4.78 is 63.4. The number of hydrogen-bond acceptors (Lipinski definition) is 6. The summed E-state index contributed by atoms with van der Waals surface area (Å²) in [6.07, 6.45) is -0.691. The molecule has 0 heterocycles. The Balaban J connectivity index is 2.18. The van der Waals surface area contributed by atoms with Gasteiger partial charge in [0, 0.05) is 29.9 Å². The molecule has 2 aromatic rings. The fourth-order valence-electron chi connectivity index (χ4n) is 3.01. The Morgan fingerprint density at radius 1 is 1.32 bits per heavy atom. The number of ether oxygens (including phenoxy) is 1. The second kappa shape index (κ2) is 6.82. The Bertz CT molecular complexity index is 1180. The minimum atomic E-state index is -3.56. The summed E-state index contributed by atoms with van der Waals surface area (Å²) >= 11 is 0. The maximum Gasteiger partial charge on any atom is 0.281 e. The third kappa shape index (κ3) is 3.40. The van der Waals surface area contributed by atoms with Gasteiger partial charge in [-0.25, -0.2) is 17.4 Å². The number of nitriles is 2. The highest BCUT2D eigenvalue weighted by atomic mass is 32.2. The van der Waals surface area contributed by atoms with Crippen LogP contribution in [0.3, 0.4) is 0 Å². The van der Waals surface area contributed by atoms with Crippen LogP contribution in [0, 0.1) is 28.6 Å². The maximum atomic E-state index is 14.2. The van der Waals surface area contributed by atoms with Gasteiger partial charge in [0.25, 0.3) is 5.92 Å². The summed E-state index contributed by atoms with van der Waals surface area (Å²) in [5.74, 6) is -4.53. The minimum Gasteiger partial charge on any atom is -0.457 e. The first kappa shape index (κ1) is 19.7. The smallest absolute Gasteiger partial charge is 0.281 e. The van der Waals surface area contributed by atoms with Crippen LogP contribution in [0.1, 0.15) is 22.8 Å². The van der Waals surface area contributed by atoms with Crippen molar-refractivity contribution in [3.8, 4) is 23.8 Å². The van der Waals surface area contributed by atoms with Crippen molar-refractivity contribution in [1.82, 2.24) is 0 Å². The summed E-state index contributed by atoms with van der Waals surface area (Å²) in [6.45, 7) is 0. The van der Waals surface area contributed by atoms with E-state index in [4.69, 9.17) is 15.3 Å². The molecule has 0 aliphatic heterocycles. The van der Waals surface area contributed by atoms with Crippen molar-refractivity contribution < 1.29 is 27.2 Å².